The van der Waals surface area contributed by atoms with Gasteiger partial charge >= 0.3 is 6.03 Å². The molecule has 162 valence electrons. The average Bonchev–Trinajstić information content (AvgIpc) is 3.18. The number of amides is 3. The van der Waals surface area contributed by atoms with Gasteiger partial charge in [0.05, 0.1) is 0 Å². The second kappa shape index (κ2) is 9.25. The number of aromatic amines is 1. The lowest BCUT2D eigenvalue weighted by atomic mass is 9.98. The molecule has 31 heavy (non-hydrogen) atoms. The van der Waals surface area contributed by atoms with E-state index in [-0.39, 0.29) is 11.9 Å². The molecule has 0 radical (unpaired) electrons. The molecule has 1 aliphatic heterocycles. The third-order valence-electron chi connectivity index (χ3n) is 6.15. The van der Waals surface area contributed by atoms with Gasteiger partial charge in [0.15, 0.2) is 0 Å². The normalized spacial score (nSPS) is 14.6. The summed E-state index contributed by atoms with van der Waals surface area (Å²) < 4.78 is 0. The summed E-state index contributed by atoms with van der Waals surface area (Å²) >= 11 is 0. The number of fused-ring (bicyclic) bond motifs is 1. The molecule has 2 aromatic carbocycles. The number of urea groups is 1. The van der Waals surface area contributed by atoms with Crippen LogP contribution in [0.2, 0.25) is 0 Å². The summed E-state index contributed by atoms with van der Waals surface area (Å²) in [6, 6.07) is 13.4. The molecule has 3 N–H and O–H groups in total. The van der Waals surface area contributed by atoms with Gasteiger partial charge in [0.25, 0.3) is 5.91 Å². The summed E-state index contributed by atoms with van der Waals surface area (Å²) in [6.07, 6.45) is 4.86. The van der Waals surface area contributed by atoms with E-state index < -0.39 is 0 Å². The number of likely N-dealkylation sites (tertiary alicyclic amines) is 1. The van der Waals surface area contributed by atoms with Crippen molar-refractivity contribution in [3.8, 4) is 0 Å². The van der Waals surface area contributed by atoms with Crippen LogP contribution in [-0.4, -0.2) is 41.5 Å². The van der Waals surface area contributed by atoms with Crippen LogP contribution < -0.4 is 10.6 Å². The Kier molecular flexibility index (Phi) is 6.26. The first-order valence-electron chi connectivity index (χ1n) is 11.0. The Morgan fingerprint density at radius 3 is 2.68 bits per heavy atom. The molecule has 3 aromatic rings. The van der Waals surface area contributed by atoms with Gasteiger partial charge in [-0.05, 0) is 67.5 Å². The zero-order chi connectivity index (χ0) is 21.8. The van der Waals surface area contributed by atoms with Gasteiger partial charge in [0, 0.05) is 48.0 Å². The van der Waals surface area contributed by atoms with E-state index >= 15 is 0 Å². The summed E-state index contributed by atoms with van der Waals surface area (Å²) in [5, 5.41) is 7.00. The zero-order valence-corrected chi connectivity index (χ0v) is 18.2. The minimum Gasteiger partial charge on any atom is -0.361 e. The predicted molar refractivity (Wildman–Crippen MR) is 125 cm³/mol. The maximum absolute atomic E-state index is 12.8. The van der Waals surface area contributed by atoms with Crippen molar-refractivity contribution < 1.29 is 9.59 Å². The fourth-order valence-corrected chi connectivity index (χ4v) is 4.15. The number of nitrogens with zero attached hydrogens (tertiary/aromatic N) is 1. The molecule has 2 heterocycles. The zero-order valence-electron chi connectivity index (χ0n) is 18.2. The summed E-state index contributed by atoms with van der Waals surface area (Å²) in [5.41, 5.74) is 4.56. The van der Waals surface area contributed by atoms with Crippen molar-refractivity contribution in [1.82, 2.24) is 15.2 Å². The number of H-pyrrole nitrogens is 1. The monoisotopic (exact) mass is 418 g/mol. The first kappa shape index (κ1) is 21.0. The van der Waals surface area contributed by atoms with Gasteiger partial charge in [-0.1, -0.05) is 25.1 Å². The van der Waals surface area contributed by atoms with Crippen molar-refractivity contribution in [2.75, 3.05) is 25.0 Å². The van der Waals surface area contributed by atoms with E-state index in [2.05, 4.69) is 28.6 Å². The molecule has 4 rings (SSSR count). The van der Waals surface area contributed by atoms with Gasteiger partial charge in [-0.15, -0.1) is 0 Å². The van der Waals surface area contributed by atoms with Gasteiger partial charge in [-0.25, -0.2) is 4.79 Å². The van der Waals surface area contributed by atoms with E-state index in [0.717, 1.165) is 43.4 Å². The SMILES string of the molecule is Cc1cc(C(=O)N2CCC(C)CC2)ccc1NC(=O)NCCc1c[nH]c2ccccc12. The fraction of sp³-hybridized carbons (Fsp3) is 0.360. The maximum Gasteiger partial charge on any atom is 0.319 e. The van der Waals surface area contributed by atoms with Crippen molar-refractivity contribution in [3.05, 3.63) is 65.4 Å². The van der Waals surface area contributed by atoms with Crippen molar-refractivity contribution in [1.29, 1.82) is 0 Å². The number of para-hydroxylation sites is 1. The molecule has 6 heteroatoms. The summed E-state index contributed by atoms with van der Waals surface area (Å²) in [7, 11) is 0. The van der Waals surface area contributed by atoms with Gasteiger partial charge in [0.2, 0.25) is 0 Å². The molecule has 1 aromatic heterocycles. The molecular formula is C25H30N4O2. The first-order valence-corrected chi connectivity index (χ1v) is 11.0. The molecule has 1 saturated heterocycles. The Hall–Kier alpha value is -3.28. The number of aromatic nitrogens is 1. The van der Waals surface area contributed by atoms with E-state index in [4.69, 9.17) is 0 Å². The summed E-state index contributed by atoms with van der Waals surface area (Å²) in [6.45, 7) is 6.32. The highest BCUT2D eigenvalue weighted by Gasteiger charge is 2.21. The first-order chi connectivity index (χ1) is 15.0. The predicted octanol–water partition coefficient (Wildman–Crippen LogP) is 4.71. The van der Waals surface area contributed by atoms with Crippen LogP contribution in [0.5, 0.6) is 0 Å². The smallest absolute Gasteiger partial charge is 0.319 e. The Bertz CT molecular complexity index is 1080. The number of hydrogen-bond acceptors (Lipinski definition) is 2. The van der Waals surface area contributed by atoms with Gasteiger partial charge < -0.3 is 20.5 Å². The third kappa shape index (κ3) is 4.90. The Morgan fingerprint density at radius 2 is 1.90 bits per heavy atom. The third-order valence-corrected chi connectivity index (χ3v) is 6.15. The van der Waals surface area contributed by atoms with Crippen LogP contribution in [-0.2, 0) is 6.42 Å². The molecule has 0 saturated carbocycles. The van der Waals surface area contributed by atoms with Crippen LogP contribution in [0, 0.1) is 12.8 Å². The number of hydrogen-bond donors (Lipinski definition) is 3. The van der Waals surface area contributed by atoms with Crippen LogP contribution in [0.1, 0.15) is 41.3 Å². The number of anilines is 1. The van der Waals surface area contributed by atoms with E-state index in [1.54, 1.807) is 6.07 Å². The van der Waals surface area contributed by atoms with Crippen molar-refractivity contribution in [3.63, 3.8) is 0 Å². The molecular weight excluding hydrogens is 388 g/mol. The van der Waals surface area contributed by atoms with Crippen LogP contribution in [0.15, 0.2) is 48.7 Å². The fourth-order valence-electron chi connectivity index (χ4n) is 4.15. The van der Waals surface area contributed by atoms with Crippen molar-refractivity contribution >= 4 is 28.5 Å². The summed E-state index contributed by atoms with van der Waals surface area (Å²) in [4.78, 5) is 30.3. The molecule has 1 fully saturated rings. The number of benzene rings is 2. The summed E-state index contributed by atoms with van der Waals surface area (Å²) in [5.74, 6) is 0.761. The quantitative estimate of drug-likeness (QED) is 0.561. The number of piperidine rings is 1. The minimum absolute atomic E-state index is 0.0738. The molecule has 3 amide bonds. The Balaban J connectivity index is 1.30. The van der Waals surface area contributed by atoms with E-state index in [1.165, 1.54) is 10.9 Å². The topological polar surface area (TPSA) is 77.2 Å². The van der Waals surface area contributed by atoms with Crippen LogP contribution in [0.25, 0.3) is 10.9 Å². The standard InChI is InChI=1S/C25H30N4O2/c1-17-10-13-29(14-11-17)24(30)19-7-8-22(18(2)15-19)28-25(31)26-12-9-20-16-27-23-6-4-3-5-21(20)23/h3-8,15-17,27H,9-14H2,1-2H3,(H2,26,28,31). The number of aryl methyl sites for hydroxylation is 1. The molecule has 0 aliphatic carbocycles. The number of rotatable bonds is 5. The molecule has 0 spiro atoms. The second-order valence-corrected chi connectivity index (χ2v) is 8.49. The van der Waals surface area contributed by atoms with Gasteiger partial charge in [-0.3, -0.25) is 4.79 Å². The van der Waals surface area contributed by atoms with E-state index in [9.17, 15) is 9.59 Å². The lowest BCUT2D eigenvalue weighted by Crippen LogP contribution is -2.38. The molecule has 1 aliphatic rings. The van der Waals surface area contributed by atoms with Crippen LogP contribution in [0.3, 0.4) is 0 Å². The van der Waals surface area contributed by atoms with Crippen LogP contribution >= 0.6 is 0 Å². The van der Waals surface area contributed by atoms with Gasteiger partial charge in [-0.2, -0.15) is 0 Å². The average molecular weight is 419 g/mol. The van der Waals surface area contributed by atoms with E-state index in [1.807, 2.05) is 48.4 Å². The molecule has 0 unspecified atom stereocenters. The highest BCUT2D eigenvalue weighted by Crippen LogP contribution is 2.21. The Labute approximate surface area is 183 Å². The molecule has 6 nitrogen and oxygen atoms in total. The number of nitrogens with one attached hydrogen (secondary N) is 3. The maximum atomic E-state index is 12.8. The molecule has 0 bridgehead atoms. The highest BCUT2D eigenvalue weighted by atomic mass is 16.2. The number of carbonyl (C=O) groups is 2. The molecule has 0 atom stereocenters. The van der Waals surface area contributed by atoms with E-state index in [0.29, 0.717) is 23.7 Å². The Morgan fingerprint density at radius 1 is 1.13 bits per heavy atom. The van der Waals surface area contributed by atoms with Crippen molar-refractivity contribution in [2.24, 2.45) is 5.92 Å². The van der Waals surface area contributed by atoms with Crippen LogP contribution in [0.4, 0.5) is 10.5 Å². The largest absolute Gasteiger partial charge is 0.361 e. The lowest BCUT2D eigenvalue weighted by Gasteiger charge is -2.30. The van der Waals surface area contributed by atoms with Crippen molar-refractivity contribution in [2.45, 2.75) is 33.1 Å². The second-order valence-electron chi connectivity index (χ2n) is 8.49. The van der Waals surface area contributed by atoms with Gasteiger partial charge in [0.1, 0.15) is 0 Å². The lowest BCUT2D eigenvalue weighted by molar-refractivity contribution is 0.0697. The highest BCUT2D eigenvalue weighted by molar-refractivity contribution is 5.96. The number of carbonyl (C=O) groups excluding carboxylic acids is 2. The minimum atomic E-state index is -0.243.